The van der Waals surface area contributed by atoms with Crippen LogP contribution in [-0.2, 0) is 23.0 Å². The number of anilines is 1. The van der Waals surface area contributed by atoms with Crippen LogP contribution in [0.3, 0.4) is 0 Å². The molecule has 4 rings (SSSR count). The van der Waals surface area contributed by atoms with E-state index in [0.717, 1.165) is 23.3 Å². The summed E-state index contributed by atoms with van der Waals surface area (Å²) < 4.78 is 42.0. The van der Waals surface area contributed by atoms with Gasteiger partial charge in [0.25, 0.3) is 5.91 Å². The standard InChI is InChI=1S/C22H18ClFN2O3S/c23-19-7-3-4-8-21(19)25-22(27)18-13-17(9-10-20(18)24)30(28,29)26-12-11-15-5-1-2-6-16(15)14-26/h1-10,13H,11-12,14H2,(H,25,27). The zero-order chi connectivity index (χ0) is 21.3. The number of carbonyl (C=O) groups excluding carboxylic acids is 1. The third kappa shape index (κ3) is 3.96. The van der Waals surface area contributed by atoms with Gasteiger partial charge in [-0.1, -0.05) is 48.0 Å². The maximum Gasteiger partial charge on any atom is 0.258 e. The second-order valence-electron chi connectivity index (χ2n) is 6.93. The summed E-state index contributed by atoms with van der Waals surface area (Å²) in [6, 6.07) is 17.4. The molecule has 0 fully saturated rings. The first-order valence-electron chi connectivity index (χ1n) is 9.28. The Morgan fingerprint density at radius 3 is 2.47 bits per heavy atom. The van der Waals surface area contributed by atoms with Crippen molar-refractivity contribution in [3.63, 3.8) is 0 Å². The van der Waals surface area contributed by atoms with Crippen LogP contribution >= 0.6 is 11.6 Å². The Bertz CT molecular complexity index is 1230. The van der Waals surface area contributed by atoms with Crippen molar-refractivity contribution in [3.8, 4) is 0 Å². The highest BCUT2D eigenvalue weighted by Gasteiger charge is 2.29. The quantitative estimate of drug-likeness (QED) is 0.645. The van der Waals surface area contributed by atoms with E-state index < -0.39 is 21.7 Å². The monoisotopic (exact) mass is 444 g/mol. The number of para-hydroxylation sites is 1. The number of sulfonamides is 1. The predicted octanol–water partition coefficient (Wildman–Crippen LogP) is 4.48. The van der Waals surface area contributed by atoms with Gasteiger partial charge in [-0.3, -0.25) is 4.79 Å². The Kier molecular flexibility index (Phi) is 5.60. The van der Waals surface area contributed by atoms with Gasteiger partial charge in [-0.05, 0) is 47.9 Å². The van der Waals surface area contributed by atoms with E-state index in [4.69, 9.17) is 11.6 Å². The largest absolute Gasteiger partial charge is 0.321 e. The summed E-state index contributed by atoms with van der Waals surface area (Å²) >= 11 is 6.03. The molecule has 30 heavy (non-hydrogen) atoms. The molecular formula is C22H18ClFN2O3S. The Hall–Kier alpha value is -2.74. The Morgan fingerprint density at radius 1 is 1.00 bits per heavy atom. The number of nitrogens with one attached hydrogen (secondary N) is 1. The summed E-state index contributed by atoms with van der Waals surface area (Å²) in [4.78, 5) is 12.5. The molecule has 1 aliphatic rings. The molecule has 1 amide bonds. The molecule has 1 N–H and O–H groups in total. The number of fused-ring (bicyclic) bond motifs is 1. The molecule has 0 unspecified atom stereocenters. The number of hydrogen-bond donors (Lipinski definition) is 1. The van der Waals surface area contributed by atoms with Gasteiger partial charge >= 0.3 is 0 Å². The zero-order valence-electron chi connectivity index (χ0n) is 15.8. The number of carbonyl (C=O) groups is 1. The third-order valence-corrected chi connectivity index (χ3v) is 7.21. The summed E-state index contributed by atoms with van der Waals surface area (Å²) in [5.41, 5.74) is 1.99. The molecule has 0 atom stereocenters. The van der Waals surface area contributed by atoms with E-state index in [1.54, 1.807) is 24.3 Å². The van der Waals surface area contributed by atoms with E-state index in [0.29, 0.717) is 23.7 Å². The van der Waals surface area contributed by atoms with Crippen molar-refractivity contribution in [3.05, 3.63) is 94.3 Å². The van der Waals surface area contributed by atoms with E-state index in [-0.39, 0.29) is 17.0 Å². The second kappa shape index (κ2) is 8.18. The van der Waals surface area contributed by atoms with Crippen LogP contribution in [0.1, 0.15) is 21.5 Å². The Balaban J connectivity index is 1.62. The average molecular weight is 445 g/mol. The van der Waals surface area contributed by atoms with Crippen LogP contribution in [0.15, 0.2) is 71.6 Å². The predicted molar refractivity (Wildman–Crippen MR) is 114 cm³/mol. The van der Waals surface area contributed by atoms with Gasteiger partial charge in [0.05, 0.1) is 21.2 Å². The first-order chi connectivity index (χ1) is 14.4. The number of nitrogens with zero attached hydrogens (tertiary/aromatic N) is 1. The normalized spacial score (nSPS) is 14.2. The summed E-state index contributed by atoms with van der Waals surface area (Å²) in [5.74, 6) is -1.59. The van der Waals surface area contributed by atoms with Crippen molar-refractivity contribution >= 4 is 33.2 Å². The molecule has 0 saturated heterocycles. The zero-order valence-corrected chi connectivity index (χ0v) is 17.4. The topological polar surface area (TPSA) is 66.5 Å². The van der Waals surface area contributed by atoms with Gasteiger partial charge in [0, 0.05) is 13.1 Å². The summed E-state index contributed by atoms with van der Waals surface area (Å²) in [6.45, 7) is 0.551. The average Bonchev–Trinajstić information content (AvgIpc) is 2.75. The maximum absolute atomic E-state index is 14.3. The number of amides is 1. The lowest BCUT2D eigenvalue weighted by atomic mass is 10.0. The van der Waals surface area contributed by atoms with E-state index in [2.05, 4.69) is 5.32 Å². The number of halogens is 2. The van der Waals surface area contributed by atoms with Crippen molar-refractivity contribution < 1.29 is 17.6 Å². The van der Waals surface area contributed by atoms with Gasteiger partial charge < -0.3 is 5.32 Å². The SMILES string of the molecule is O=C(Nc1ccccc1Cl)c1cc(S(=O)(=O)N2CCc3ccccc3C2)ccc1F. The fourth-order valence-electron chi connectivity index (χ4n) is 3.42. The molecule has 0 bridgehead atoms. The van der Waals surface area contributed by atoms with Gasteiger partial charge in [-0.25, -0.2) is 12.8 Å². The van der Waals surface area contributed by atoms with Crippen LogP contribution in [-0.4, -0.2) is 25.2 Å². The van der Waals surface area contributed by atoms with Crippen molar-refractivity contribution in [2.45, 2.75) is 17.9 Å². The van der Waals surface area contributed by atoms with Gasteiger partial charge in [0.15, 0.2) is 0 Å². The molecule has 0 aliphatic carbocycles. The highest BCUT2D eigenvalue weighted by Crippen LogP contribution is 2.27. The minimum atomic E-state index is -3.90. The highest BCUT2D eigenvalue weighted by atomic mass is 35.5. The van der Waals surface area contributed by atoms with E-state index in [1.807, 2.05) is 24.3 Å². The van der Waals surface area contributed by atoms with Gasteiger partial charge in [0.2, 0.25) is 10.0 Å². The van der Waals surface area contributed by atoms with Gasteiger partial charge in [-0.2, -0.15) is 4.31 Å². The lowest BCUT2D eigenvalue weighted by molar-refractivity contribution is 0.102. The highest BCUT2D eigenvalue weighted by molar-refractivity contribution is 7.89. The molecule has 1 heterocycles. The van der Waals surface area contributed by atoms with Gasteiger partial charge in [0.1, 0.15) is 5.82 Å². The number of rotatable bonds is 4. The second-order valence-corrected chi connectivity index (χ2v) is 9.28. The fourth-order valence-corrected chi connectivity index (χ4v) is 5.04. The van der Waals surface area contributed by atoms with Crippen LogP contribution in [0.5, 0.6) is 0 Å². The Labute approximate surface area is 179 Å². The van der Waals surface area contributed by atoms with Gasteiger partial charge in [-0.15, -0.1) is 0 Å². The minimum absolute atomic E-state index is 0.132. The van der Waals surface area contributed by atoms with Crippen LogP contribution in [0.2, 0.25) is 5.02 Å². The molecule has 0 radical (unpaired) electrons. The lowest BCUT2D eigenvalue weighted by Crippen LogP contribution is -2.36. The lowest BCUT2D eigenvalue weighted by Gasteiger charge is -2.28. The molecule has 0 saturated carbocycles. The first-order valence-corrected chi connectivity index (χ1v) is 11.1. The van der Waals surface area contributed by atoms with Crippen molar-refractivity contribution in [1.82, 2.24) is 4.31 Å². The molecule has 3 aromatic carbocycles. The van der Waals surface area contributed by atoms with E-state index in [9.17, 15) is 17.6 Å². The fraction of sp³-hybridized carbons (Fsp3) is 0.136. The van der Waals surface area contributed by atoms with Crippen molar-refractivity contribution in [1.29, 1.82) is 0 Å². The molecular weight excluding hydrogens is 427 g/mol. The molecule has 8 heteroatoms. The first kappa shape index (κ1) is 20.5. The smallest absolute Gasteiger partial charge is 0.258 e. The summed E-state index contributed by atoms with van der Waals surface area (Å²) in [7, 11) is -3.90. The van der Waals surface area contributed by atoms with E-state index in [1.165, 1.54) is 10.4 Å². The number of hydrogen-bond acceptors (Lipinski definition) is 3. The minimum Gasteiger partial charge on any atom is -0.321 e. The number of benzene rings is 3. The molecule has 154 valence electrons. The van der Waals surface area contributed by atoms with E-state index >= 15 is 0 Å². The van der Waals surface area contributed by atoms with Crippen LogP contribution in [0.4, 0.5) is 10.1 Å². The molecule has 0 spiro atoms. The molecule has 1 aliphatic heterocycles. The van der Waals surface area contributed by atoms with Crippen LogP contribution < -0.4 is 5.32 Å². The maximum atomic E-state index is 14.3. The van der Waals surface area contributed by atoms with Crippen molar-refractivity contribution in [2.75, 3.05) is 11.9 Å². The van der Waals surface area contributed by atoms with Crippen molar-refractivity contribution in [2.24, 2.45) is 0 Å². The molecule has 0 aromatic heterocycles. The molecule has 5 nitrogen and oxygen atoms in total. The Morgan fingerprint density at radius 2 is 1.70 bits per heavy atom. The summed E-state index contributed by atoms with van der Waals surface area (Å²) in [5, 5.41) is 2.81. The third-order valence-electron chi connectivity index (χ3n) is 5.04. The molecule has 3 aromatic rings. The van der Waals surface area contributed by atoms with Crippen LogP contribution in [0.25, 0.3) is 0 Å². The summed E-state index contributed by atoms with van der Waals surface area (Å²) in [6.07, 6.45) is 0.594. The van der Waals surface area contributed by atoms with Crippen LogP contribution in [0, 0.1) is 5.82 Å².